The van der Waals surface area contributed by atoms with Gasteiger partial charge in [-0.3, -0.25) is 4.79 Å². The van der Waals surface area contributed by atoms with Crippen LogP contribution in [0, 0.1) is 5.92 Å². The van der Waals surface area contributed by atoms with Crippen molar-refractivity contribution in [2.75, 3.05) is 26.4 Å². The molecule has 0 aliphatic carbocycles. The zero-order chi connectivity index (χ0) is 13.6. The monoisotopic (exact) mass is 260 g/mol. The average molecular weight is 260 g/mol. The summed E-state index contributed by atoms with van der Waals surface area (Å²) in [5.41, 5.74) is 0. The normalized spacial score (nSPS) is 12.6. The van der Waals surface area contributed by atoms with Gasteiger partial charge in [-0.25, -0.2) is 0 Å². The van der Waals surface area contributed by atoms with Crippen molar-refractivity contribution in [1.82, 2.24) is 0 Å². The number of hydrogen-bond donors (Lipinski definition) is 1. The largest absolute Gasteiger partial charge is 0.481 e. The molecule has 4 heteroatoms. The average Bonchev–Trinajstić information content (AvgIpc) is 2.35. The predicted molar refractivity (Wildman–Crippen MR) is 71.8 cm³/mol. The summed E-state index contributed by atoms with van der Waals surface area (Å²) >= 11 is 0. The molecular weight excluding hydrogens is 232 g/mol. The molecule has 0 amide bonds. The fraction of sp³-hybridized carbons (Fsp3) is 0.929. The lowest BCUT2D eigenvalue weighted by molar-refractivity contribution is -0.137. The maximum Gasteiger partial charge on any atom is 0.303 e. The van der Waals surface area contributed by atoms with Crippen molar-refractivity contribution < 1.29 is 19.4 Å². The number of hydrogen-bond acceptors (Lipinski definition) is 3. The molecule has 18 heavy (non-hydrogen) atoms. The van der Waals surface area contributed by atoms with Gasteiger partial charge in [0.25, 0.3) is 0 Å². The Kier molecular flexibility index (Phi) is 12.4. The molecule has 0 saturated heterocycles. The third-order valence-electron chi connectivity index (χ3n) is 2.95. The molecule has 0 spiro atoms. The lowest BCUT2D eigenvalue weighted by Crippen LogP contribution is -2.13. The summed E-state index contributed by atoms with van der Waals surface area (Å²) in [4.78, 5) is 10.2. The van der Waals surface area contributed by atoms with E-state index in [9.17, 15) is 4.79 Å². The Labute approximate surface area is 111 Å². The van der Waals surface area contributed by atoms with Crippen LogP contribution in [0.2, 0.25) is 0 Å². The third kappa shape index (κ3) is 11.9. The summed E-state index contributed by atoms with van der Waals surface area (Å²) in [6.45, 7) is 6.89. The number of ether oxygens (including phenoxy) is 2. The molecule has 4 nitrogen and oxygen atoms in total. The molecule has 0 bridgehead atoms. The summed E-state index contributed by atoms with van der Waals surface area (Å²) in [6, 6.07) is 0. The minimum Gasteiger partial charge on any atom is -0.481 e. The standard InChI is InChI=1S/C14H28O4/c1-3-5-7-13(4-2)12-18-11-10-17-9-6-8-14(15)16/h13H,3-12H2,1-2H3,(H,15,16). The van der Waals surface area contributed by atoms with Crippen LogP contribution in [0.5, 0.6) is 0 Å². The van der Waals surface area contributed by atoms with Crippen molar-refractivity contribution in [3.8, 4) is 0 Å². The van der Waals surface area contributed by atoms with E-state index >= 15 is 0 Å². The number of carboxylic acids is 1. The first-order chi connectivity index (χ1) is 8.70. The fourth-order valence-electron chi connectivity index (χ4n) is 1.69. The van der Waals surface area contributed by atoms with Crippen LogP contribution in [0.1, 0.15) is 52.4 Å². The molecule has 0 aliphatic rings. The zero-order valence-corrected chi connectivity index (χ0v) is 11.8. The first-order valence-corrected chi connectivity index (χ1v) is 7.07. The van der Waals surface area contributed by atoms with Gasteiger partial charge in [-0.05, 0) is 18.8 Å². The molecule has 0 radical (unpaired) electrons. The predicted octanol–water partition coefficient (Wildman–Crippen LogP) is 3.10. The Bertz CT molecular complexity index is 194. The van der Waals surface area contributed by atoms with Crippen LogP contribution < -0.4 is 0 Å². The third-order valence-corrected chi connectivity index (χ3v) is 2.95. The molecule has 108 valence electrons. The van der Waals surface area contributed by atoms with E-state index < -0.39 is 5.97 Å². The Morgan fingerprint density at radius 3 is 2.44 bits per heavy atom. The summed E-state index contributed by atoms with van der Waals surface area (Å²) < 4.78 is 10.9. The lowest BCUT2D eigenvalue weighted by Gasteiger charge is -2.14. The molecule has 0 aromatic carbocycles. The van der Waals surface area contributed by atoms with E-state index in [-0.39, 0.29) is 6.42 Å². The quantitative estimate of drug-likeness (QED) is 0.517. The molecular formula is C14H28O4. The van der Waals surface area contributed by atoms with Gasteiger partial charge >= 0.3 is 5.97 Å². The van der Waals surface area contributed by atoms with Crippen molar-refractivity contribution in [2.24, 2.45) is 5.92 Å². The second-order valence-electron chi connectivity index (χ2n) is 4.60. The summed E-state index contributed by atoms with van der Waals surface area (Å²) in [6.07, 6.45) is 5.67. The van der Waals surface area contributed by atoms with Gasteiger partial charge < -0.3 is 14.6 Å². The highest BCUT2D eigenvalue weighted by Crippen LogP contribution is 2.12. The minimum absolute atomic E-state index is 0.176. The maximum atomic E-state index is 10.2. The summed E-state index contributed by atoms with van der Waals surface area (Å²) in [5, 5.41) is 8.43. The number of aliphatic carboxylic acids is 1. The van der Waals surface area contributed by atoms with E-state index in [2.05, 4.69) is 13.8 Å². The van der Waals surface area contributed by atoms with E-state index in [1.807, 2.05) is 0 Å². The van der Waals surface area contributed by atoms with Gasteiger partial charge in [0.15, 0.2) is 0 Å². The molecule has 0 heterocycles. The second-order valence-corrected chi connectivity index (χ2v) is 4.60. The van der Waals surface area contributed by atoms with Crippen LogP contribution in [0.3, 0.4) is 0 Å². The highest BCUT2D eigenvalue weighted by molar-refractivity contribution is 5.66. The van der Waals surface area contributed by atoms with Crippen molar-refractivity contribution in [1.29, 1.82) is 0 Å². The van der Waals surface area contributed by atoms with E-state index in [0.717, 1.165) is 6.61 Å². The van der Waals surface area contributed by atoms with E-state index in [4.69, 9.17) is 14.6 Å². The Balaban J connectivity index is 3.24. The first-order valence-electron chi connectivity index (χ1n) is 7.07. The molecule has 0 saturated carbocycles. The van der Waals surface area contributed by atoms with Crippen molar-refractivity contribution in [3.05, 3.63) is 0 Å². The van der Waals surface area contributed by atoms with Crippen LogP contribution in [0.25, 0.3) is 0 Å². The van der Waals surface area contributed by atoms with Gasteiger partial charge in [0.1, 0.15) is 0 Å². The maximum absolute atomic E-state index is 10.2. The smallest absolute Gasteiger partial charge is 0.303 e. The highest BCUT2D eigenvalue weighted by Gasteiger charge is 2.05. The number of unbranched alkanes of at least 4 members (excludes halogenated alkanes) is 1. The zero-order valence-electron chi connectivity index (χ0n) is 11.8. The van der Waals surface area contributed by atoms with Crippen molar-refractivity contribution in [2.45, 2.75) is 52.4 Å². The van der Waals surface area contributed by atoms with Crippen LogP contribution in [0.15, 0.2) is 0 Å². The van der Waals surface area contributed by atoms with E-state index in [1.54, 1.807) is 0 Å². The molecule has 0 fully saturated rings. The van der Waals surface area contributed by atoms with Gasteiger partial charge in [0, 0.05) is 19.6 Å². The van der Waals surface area contributed by atoms with E-state index in [0.29, 0.717) is 32.2 Å². The van der Waals surface area contributed by atoms with Crippen molar-refractivity contribution >= 4 is 5.97 Å². The fourth-order valence-corrected chi connectivity index (χ4v) is 1.69. The van der Waals surface area contributed by atoms with Gasteiger partial charge in [-0.2, -0.15) is 0 Å². The SMILES string of the molecule is CCCCC(CC)COCCOCCCC(=O)O. The molecule has 0 aromatic rings. The minimum atomic E-state index is -0.767. The topological polar surface area (TPSA) is 55.8 Å². The lowest BCUT2D eigenvalue weighted by atomic mass is 10.0. The molecule has 0 aromatic heterocycles. The second kappa shape index (κ2) is 12.8. The number of carboxylic acid groups (broad SMARTS) is 1. The molecule has 1 atom stereocenters. The van der Waals surface area contributed by atoms with Gasteiger partial charge in [0.2, 0.25) is 0 Å². The number of rotatable bonds is 13. The van der Waals surface area contributed by atoms with Crippen LogP contribution in [-0.2, 0) is 14.3 Å². The molecule has 0 aliphatic heterocycles. The summed E-state index contributed by atoms with van der Waals surface area (Å²) in [5.74, 6) is -0.103. The van der Waals surface area contributed by atoms with Gasteiger partial charge in [-0.15, -0.1) is 0 Å². The Morgan fingerprint density at radius 2 is 1.83 bits per heavy atom. The van der Waals surface area contributed by atoms with Crippen LogP contribution in [0.4, 0.5) is 0 Å². The van der Waals surface area contributed by atoms with Gasteiger partial charge in [0.05, 0.1) is 13.2 Å². The van der Waals surface area contributed by atoms with Gasteiger partial charge in [-0.1, -0.05) is 33.1 Å². The summed E-state index contributed by atoms with van der Waals surface area (Å²) in [7, 11) is 0. The first kappa shape index (κ1) is 17.4. The van der Waals surface area contributed by atoms with E-state index in [1.165, 1.54) is 25.7 Å². The highest BCUT2D eigenvalue weighted by atomic mass is 16.5. The van der Waals surface area contributed by atoms with Crippen LogP contribution >= 0.6 is 0 Å². The molecule has 0 rings (SSSR count). The van der Waals surface area contributed by atoms with Crippen LogP contribution in [-0.4, -0.2) is 37.5 Å². The Hall–Kier alpha value is -0.610. The van der Waals surface area contributed by atoms with Crippen molar-refractivity contribution in [3.63, 3.8) is 0 Å². The molecule has 1 unspecified atom stereocenters. The number of carbonyl (C=O) groups is 1. The molecule has 1 N–H and O–H groups in total. The Morgan fingerprint density at radius 1 is 1.11 bits per heavy atom.